The Hall–Kier alpha value is -7.41. The third kappa shape index (κ3) is 14.5. The predicted octanol–water partition coefficient (Wildman–Crippen LogP) is 7.59. The van der Waals surface area contributed by atoms with Crippen molar-refractivity contribution in [3.05, 3.63) is 98.7 Å². The summed E-state index contributed by atoms with van der Waals surface area (Å²) >= 11 is 3.27. The predicted molar refractivity (Wildman–Crippen MR) is 285 cm³/mol. The smallest absolute Gasteiger partial charge is 0.437 e. The normalized spacial score (nSPS) is 17.9. The van der Waals surface area contributed by atoms with E-state index in [9.17, 15) is 76.6 Å². The summed E-state index contributed by atoms with van der Waals surface area (Å²) in [6.07, 6.45) is -13.2. The van der Waals surface area contributed by atoms with Gasteiger partial charge in [0.1, 0.15) is 46.5 Å². The number of hydrogen-bond donors (Lipinski definition) is 3. The second kappa shape index (κ2) is 23.7. The van der Waals surface area contributed by atoms with E-state index in [1.165, 1.54) is 29.7 Å². The van der Waals surface area contributed by atoms with Crippen molar-refractivity contribution in [2.24, 2.45) is 10.9 Å². The van der Waals surface area contributed by atoms with E-state index < -0.39 is 181 Å². The first-order valence-electron chi connectivity index (χ1n) is 25.7. The number of fused-ring (bicyclic) bond motifs is 4. The Bertz CT molecular complexity index is 3770. The molecule has 2 aromatic carbocycles. The van der Waals surface area contributed by atoms with Crippen LogP contribution in [0.3, 0.4) is 0 Å². The van der Waals surface area contributed by atoms with Crippen LogP contribution < -0.4 is 10.6 Å². The standard InChI is InChI=1S/C52H52ClF10N11O10S2/c1-48(2,3)84-47(79)67-45(66-46(77)78)71-15-13-70(14-16-71)24-38(76)74(85(80)81)22-36-40-34(53)10-9-31(42(40)73(68-36)25-50(56,57)58)30-8-7-29(11-12-49(4,5)86(6,82)83)64-41(30)35(19-26-17-27(54)20-28(55)18-26)65-37(75)23-72-44-39(43(69-72)52(61,62)63)32-21-33(32)51(44,59)60/h7-10,17-18,20,32-33,35H,13-16,19,21-25H2,1-6H3,(H,65,75)(H,77,78)(H,80,81)(H,66,67,79)/p-1/t32-,33+,35?/m0/s1. The molecule has 1 saturated heterocycles. The van der Waals surface area contributed by atoms with E-state index in [2.05, 4.69) is 37.3 Å². The Morgan fingerprint density at radius 2 is 1.59 bits per heavy atom. The molecule has 21 nitrogen and oxygen atoms in total. The molecule has 4 heterocycles. The highest BCUT2D eigenvalue weighted by molar-refractivity contribution is 7.92. The summed E-state index contributed by atoms with van der Waals surface area (Å²) < 4.78 is 204. The third-order valence-corrected chi connectivity index (χ3v) is 17.0. The average Bonchev–Trinajstić information content (AvgIpc) is 1.53. The largest absolute Gasteiger partial charge is 0.755 e. The molecule has 4 atom stereocenters. The number of aromatic nitrogens is 5. The summed E-state index contributed by atoms with van der Waals surface area (Å²) in [4.78, 5) is 63.3. The van der Waals surface area contributed by atoms with E-state index in [0.29, 0.717) is 10.7 Å². The van der Waals surface area contributed by atoms with Crippen molar-refractivity contribution in [1.82, 2.24) is 49.3 Å². The molecule has 3 aliphatic rings. The number of carbonyl (C=O) groups excluding carboxylic acids is 3. The van der Waals surface area contributed by atoms with Crippen LogP contribution in [0.25, 0.3) is 22.0 Å². The van der Waals surface area contributed by atoms with Gasteiger partial charge >= 0.3 is 24.5 Å². The maximum atomic E-state index is 15.7. The lowest BCUT2D eigenvalue weighted by Crippen LogP contribution is -2.55. The zero-order chi connectivity index (χ0) is 63.6. The zero-order valence-corrected chi connectivity index (χ0v) is 48.4. The van der Waals surface area contributed by atoms with E-state index in [0.717, 1.165) is 36.6 Å². The maximum absolute atomic E-state index is 15.7. The number of amides is 4. The maximum Gasteiger partial charge on any atom is 0.437 e. The van der Waals surface area contributed by atoms with E-state index in [1.54, 1.807) is 20.8 Å². The Labute approximate surface area is 490 Å². The van der Waals surface area contributed by atoms with Gasteiger partial charge in [-0.2, -0.15) is 45.3 Å². The van der Waals surface area contributed by atoms with E-state index in [4.69, 9.17) is 16.3 Å². The quantitative estimate of drug-likeness (QED) is 0.0318. The van der Waals surface area contributed by atoms with Gasteiger partial charge in [-0.25, -0.2) is 31.8 Å². The number of alkyl halides is 8. The van der Waals surface area contributed by atoms with Crippen LogP contribution in [-0.4, -0.2) is 146 Å². The molecule has 1 saturated carbocycles. The van der Waals surface area contributed by atoms with Crippen LogP contribution in [0.15, 0.2) is 47.5 Å². The molecule has 2 aliphatic carbocycles. The van der Waals surface area contributed by atoms with E-state index >= 15 is 8.78 Å². The van der Waals surface area contributed by atoms with Gasteiger partial charge in [-0.3, -0.25) is 37.7 Å². The first-order valence-corrected chi connectivity index (χ1v) is 29.0. The zero-order valence-electron chi connectivity index (χ0n) is 46.0. The number of rotatable bonds is 14. The van der Waals surface area contributed by atoms with Gasteiger partial charge in [0.25, 0.3) is 5.92 Å². The van der Waals surface area contributed by atoms with Gasteiger partial charge in [-0.1, -0.05) is 23.6 Å². The van der Waals surface area contributed by atoms with Gasteiger partial charge in [0.05, 0.1) is 52.3 Å². The van der Waals surface area contributed by atoms with Gasteiger partial charge < -0.3 is 24.6 Å². The number of aliphatic imine (C=N–C) groups is 1. The minimum Gasteiger partial charge on any atom is -0.755 e. The highest BCUT2D eigenvalue weighted by Gasteiger charge is 2.68. The molecule has 464 valence electrons. The summed E-state index contributed by atoms with van der Waals surface area (Å²) in [5, 5.41) is 20.6. The number of pyridine rings is 1. The Morgan fingerprint density at radius 3 is 2.17 bits per heavy atom. The summed E-state index contributed by atoms with van der Waals surface area (Å²) in [5.41, 5.74) is -7.27. The first-order chi connectivity index (χ1) is 39.7. The molecule has 2 fully saturated rings. The van der Waals surface area contributed by atoms with Crippen molar-refractivity contribution in [2.75, 3.05) is 39.0 Å². The molecule has 2 unspecified atom stereocenters. The van der Waals surface area contributed by atoms with Crippen molar-refractivity contribution < 1.29 is 90.1 Å². The molecule has 0 bridgehead atoms. The van der Waals surface area contributed by atoms with Crippen LogP contribution in [0, 0.1) is 29.4 Å². The highest BCUT2D eigenvalue weighted by atomic mass is 35.5. The van der Waals surface area contributed by atoms with Crippen LogP contribution in [-0.2, 0) is 73.6 Å². The monoisotopic (exact) mass is 1280 g/mol. The van der Waals surface area contributed by atoms with Crippen LogP contribution in [0.4, 0.5) is 53.5 Å². The fourth-order valence-corrected chi connectivity index (χ4v) is 10.8. The van der Waals surface area contributed by atoms with Gasteiger partial charge in [-0.05, 0) is 95.2 Å². The fourth-order valence-electron chi connectivity index (χ4n) is 9.85. The summed E-state index contributed by atoms with van der Waals surface area (Å²) in [6.45, 7) is 1.86. The molecule has 4 amide bonds. The fraction of sp³-hybridized carbons (Fsp3) is 0.462. The molecule has 86 heavy (non-hydrogen) atoms. The lowest BCUT2D eigenvalue weighted by Gasteiger charge is -2.36. The number of nitrogens with zero attached hydrogens (tertiary/aromatic N) is 9. The average molecular weight is 1280 g/mol. The molecule has 3 N–H and O–H groups in total. The van der Waals surface area contributed by atoms with Gasteiger partial charge in [0, 0.05) is 66.5 Å². The Kier molecular flexibility index (Phi) is 17.8. The van der Waals surface area contributed by atoms with E-state index in [1.807, 2.05) is 5.32 Å². The van der Waals surface area contributed by atoms with Crippen molar-refractivity contribution in [1.29, 1.82) is 0 Å². The Morgan fingerprint density at radius 1 is 0.953 bits per heavy atom. The number of sulfone groups is 1. The van der Waals surface area contributed by atoms with Crippen molar-refractivity contribution in [2.45, 2.75) is 108 Å². The number of carboxylic acid groups (broad SMARTS) is 1. The molecule has 34 heteroatoms. The van der Waals surface area contributed by atoms with Gasteiger partial charge in [0.2, 0.25) is 17.8 Å². The van der Waals surface area contributed by atoms with Crippen molar-refractivity contribution in [3.8, 4) is 23.0 Å². The molecule has 0 spiro atoms. The molecular formula is C52H51ClF10N11O10S2-. The molecule has 5 aromatic rings. The second-order valence-corrected chi connectivity index (χ2v) is 25.7. The number of carbonyl (C=O) groups is 4. The molecule has 1 aliphatic heterocycles. The van der Waals surface area contributed by atoms with E-state index in [-0.39, 0.29) is 69.0 Å². The first kappa shape index (κ1) is 64.6. The number of nitrogens with one attached hydrogen (secondary N) is 2. The van der Waals surface area contributed by atoms with Gasteiger partial charge in [0.15, 0.2) is 15.5 Å². The Balaban J connectivity index is 1.21. The number of halogens is 11. The number of hydrogen-bond acceptors (Lipinski definition) is 13. The summed E-state index contributed by atoms with van der Waals surface area (Å²) in [6, 6.07) is 4.90. The van der Waals surface area contributed by atoms with Crippen LogP contribution in [0.1, 0.15) is 92.6 Å². The number of benzene rings is 2. The number of guanidine groups is 1. The third-order valence-electron chi connectivity index (χ3n) is 14.0. The summed E-state index contributed by atoms with van der Waals surface area (Å²) in [5.74, 6) is -6.67. The molecule has 8 rings (SSSR count). The molecular weight excluding hydrogens is 1230 g/mol. The molecule has 0 radical (unpaired) electrons. The highest BCUT2D eigenvalue weighted by Crippen LogP contribution is 2.68. The minimum atomic E-state index is -5.24. The van der Waals surface area contributed by atoms with Gasteiger partial charge in [-0.15, -0.1) is 4.99 Å². The van der Waals surface area contributed by atoms with Crippen molar-refractivity contribution >= 4 is 73.6 Å². The topological polar surface area (TPSA) is 267 Å². The van der Waals surface area contributed by atoms with Crippen LogP contribution in [0.2, 0.25) is 5.02 Å². The van der Waals surface area contributed by atoms with Crippen LogP contribution in [0.5, 0.6) is 0 Å². The van der Waals surface area contributed by atoms with Crippen molar-refractivity contribution in [3.63, 3.8) is 0 Å². The lowest BCUT2D eigenvalue weighted by atomic mass is 9.93. The summed E-state index contributed by atoms with van der Waals surface area (Å²) in [7, 11) is -3.93. The SMILES string of the molecule is CC(C)(C)OC(=O)N=C(NC(=O)O)N1CCN(CC(=O)N(Cc2nn(CC(F)(F)F)c3c(-c4ccc(C#CC(C)(C)S(C)(=O)=O)nc4C(Cc4cc(F)cc(F)c4)NC(=O)Cn4nc(C(F)(F)F)c5c4C(F)(F)[C@@H]4C[C@H]54)ccc(Cl)c23)S(=O)[O-])CC1. The number of ether oxygens (including phenoxy) is 1. The van der Waals surface area contributed by atoms with Crippen LogP contribution >= 0.6 is 11.6 Å². The minimum absolute atomic E-state index is 0.0647. The molecule has 3 aromatic heterocycles. The number of piperazine rings is 1. The second-order valence-electron chi connectivity index (χ2n) is 21.9. The lowest BCUT2D eigenvalue weighted by molar-refractivity contribution is -0.143.